The van der Waals surface area contributed by atoms with Gasteiger partial charge in [-0.15, -0.1) is 0 Å². The van der Waals surface area contributed by atoms with Gasteiger partial charge in [-0.25, -0.2) is 15.0 Å². The molecule has 8 aromatic rings. The molecule has 0 saturated heterocycles. The molecule has 0 unspecified atom stereocenters. The lowest BCUT2D eigenvalue weighted by Crippen LogP contribution is -2.56. The highest BCUT2D eigenvalue weighted by molar-refractivity contribution is 7.70. The number of aromatic nitrogens is 3. The van der Waals surface area contributed by atoms with Crippen LogP contribution in [0.25, 0.3) is 67.2 Å². The van der Waals surface area contributed by atoms with Gasteiger partial charge in [0.25, 0.3) is 0 Å². The van der Waals surface area contributed by atoms with Gasteiger partial charge in [0.1, 0.15) is 7.14 Å². The summed E-state index contributed by atoms with van der Waals surface area (Å²) < 4.78 is 12.8. The average Bonchev–Trinajstić information content (AvgIpc) is 3.29. The van der Waals surface area contributed by atoms with Gasteiger partial charge in [0.15, 0.2) is 17.5 Å². The lowest BCUT2D eigenvalue weighted by molar-refractivity contribution is -0.0418. The molecule has 4 aliphatic rings. The van der Waals surface area contributed by atoms with Gasteiger partial charge in [0.05, 0.1) is 0 Å². The fraction of sp³-hybridized carbons (Fsp3) is 0.218. The van der Waals surface area contributed by atoms with Crippen LogP contribution in [-0.2, 0) is 9.98 Å². The number of hydrogen-bond donors (Lipinski definition) is 0. The van der Waals surface area contributed by atoms with Crippen LogP contribution in [0.1, 0.15) is 43.2 Å². The highest BCUT2D eigenvalue weighted by Gasteiger charge is 2.58. The monoisotopic (exact) mass is 797 g/mol. The largest absolute Gasteiger partial charge is 0.319 e. The highest BCUT2D eigenvalue weighted by atomic mass is 31.2. The molecule has 1 aromatic heterocycles. The first kappa shape index (κ1) is 37.1. The molecule has 4 nitrogen and oxygen atoms in total. The van der Waals surface area contributed by atoms with Crippen LogP contribution in [-0.4, -0.2) is 28.3 Å². The first-order valence-corrected chi connectivity index (χ1v) is 24.2. The Hall–Kier alpha value is -5.96. The molecule has 0 amide bonds. The Morgan fingerprint density at radius 3 is 1.70 bits per heavy atom. The summed E-state index contributed by atoms with van der Waals surface area (Å²) in [7, 11) is -2.33. The Morgan fingerprint density at radius 2 is 0.983 bits per heavy atom. The van der Waals surface area contributed by atoms with E-state index in [0.717, 1.165) is 55.7 Å². The SMILES string of the molecule is CP(C)(=O)c1ccc(-c2cccc(C3(c4ccc(-c5nc(-c6cccc(-c7ccccc7)c6)nc(-c6cccc7ccccc67)n5)cc4)C4CC5CC(C4)CC3C5)c2)cc1. The number of rotatable bonds is 8. The molecule has 0 spiro atoms. The fourth-order valence-corrected chi connectivity index (χ4v) is 12.4. The van der Waals surface area contributed by atoms with Crippen LogP contribution in [0.4, 0.5) is 0 Å². The maximum Gasteiger partial charge on any atom is 0.164 e. The summed E-state index contributed by atoms with van der Waals surface area (Å²) in [6.45, 7) is 3.69. The van der Waals surface area contributed by atoms with E-state index in [1.54, 1.807) is 0 Å². The minimum Gasteiger partial charge on any atom is -0.319 e. The smallest absolute Gasteiger partial charge is 0.164 e. The Balaban J connectivity index is 1.03. The summed E-state index contributed by atoms with van der Waals surface area (Å²) in [6, 6.07) is 61.0. The Labute approximate surface area is 353 Å². The van der Waals surface area contributed by atoms with E-state index in [1.165, 1.54) is 54.4 Å². The Morgan fingerprint density at radius 1 is 0.450 bits per heavy atom. The predicted octanol–water partition coefficient (Wildman–Crippen LogP) is 13.3. The Kier molecular flexibility index (Phi) is 9.05. The molecule has 4 bridgehead atoms. The maximum absolute atomic E-state index is 12.8. The lowest BCUT2D eigenvalue weighted by atomic mass is 9.42. The van der Waals surface area contributed by atoms with Crippen LogP contribution >= 0.6 is 7.14 Å². The lowest BCUT2D eigenvalue weighted by Gasteiger charge is -2.62. The van der Waals surface area contributed by atoms with E-state index >= 15 is 0 Å². The Bertz CT molecular complexity index is 2900. The molecule has 4 fully saturated rings. The molecule has 4 aliphatic carbocycles. The molecule has 294 valence electrons. The molecule has 0 atom stereocenters. The summed E-state index contributed by atoms with van der Waals surface area (Å²) in [4.78, 5) is 15.7. The molecule has 0 N–H and O–H groups in total. The van der Waals surface area contributed by atoms with Crippen LogP contribution in [0.15, 0.2) is 170 Å². The van der Waals surface area contributed by atoms with E-state index in [1.807, 2.05) is 19.4 Å². The molecular weight excluding hydrogens is 750 g/mol. The minimum atomic E-state index is -2.33. The van der Waals surface area contributed by atoms with Crippen molar-refractivity contribution in [2.24, 2.45) is 23.7 Å². The molecule has 4 saturated carbocycles. The minimum absolute atomic E-state index is 0.0688. The number of nitrogens with zero attached hydrogens (tertiary/aromatic N) is 3. The van der Waals surface area contributed by atoms with Gasteiger partial charge in [0.2, 0.25) is 0 Å². The van der Waals surface area contributed by atoms with E-state index in [-0.39, 0.29) is 5.41 Å². The molecular formula is C55H48N3OP. The summed E-state index contributed by atoms with van der Waals surface area (Å²) in [5, 5.41) is 3.20. The van der Waals surface area contributed by atoms with Crippen molar-refractivity contribution < 1.29 is 4.57 Å². The average molecular weight is 798 g/mol. The topological polar surface area (TPSA) is 55.7 Å². The number of hydrogen-bond acceptors (Lipinski definition) is 4. The second kappa shape index (κ2) is 14.6. The third-order valence-electron chi connectivity index (χ3n) is 14.1. The van der Waals surface area contributed by atoms with E-state index in [9.17, 15) is 4.57 Å². The van der Waals surface area contributed by atoms with Crippen LogP contribution in [0.2, 0.25) is 0 Å². The van der Waals surface area contributed by atoms with Gasteiger partial charge in [-0.05, 0) is 119 Å². The quantitative estimate of drug-likeness (QED) is 0.144. The number of fused-ring (bicyclic) bond motifs is 1. The molecule has 0 aliphatic heterocycles. The normalized spacial score (nSPS) is 22.0. The first-order chi connectivity index (χ1) is 29.3. The van der Waals surface area contributed by atoms with Crippen LogP contribution in [0, 0.1) is 23.7 Å². The van der Waals surface area contributed by atoms with Crippen molar-refractivity contribution in [3.8, 4) is 56.4 Å². The van der Waals surface area contributed by atoms with Crippen molar-refractivity contribution in [3.63, 3.8) is 0 Å². The van der Waals surface area contributed by atoms with Crippen LogP contribution in [0.3, 0.4) is 0 Å². The molecule has 12 rings (SSSR count). The molecule has 7 aromatic carbocycles. The molecule has 1 heterocycles. The third-order valence-corrected chi connectivity index (χ3v) is 15.6. The van der Waals surface area contributed by atoms with E-state index in [0.29, 0.717) is 29.3 Å². The molecule has 60 heavy (non-hydrogen) atoms. The van der Waals surface area contributed by atoms with E-state index < -0.39 is 7.14 Å². The van der Waals surface area contributed by atoms with E-state index in [2.05, 4.69) is 164 Å². The zero-order valence-electron chi connectivity index (χ0n) is 34.2. The van der Waals surface area contributed by atoms with Gasteiger partial charge >= 0.3 is 0 Å². The maximum atomic E-state index is 12.8. The van der Waals surface area contributed by atoms with Gasteiger partial charge < -0.3 is 4.57 Å². The highest BCUT2D eigenvalue weighted by Crippen LogP contribution is 2.65. The summed E-state index contributed by atoms with van der Waals surface area (Å²) in [6.07, 6.45) is 6.58. The van der Waals surface area contributed by atoms with Crippen molar-refractivity contribution in [1.29, 1.82) is 0 Å². The van der Waals surface area contributed by atoms with Gasteiger partial charge in [0, 0.05) is 27.4 Å². The van der Waals surface area contributed by atoms with Crippen LogP contribution in [0.5, 0.6) is 0 Å². The number of benzene rings is 7. The van der Waals surface area contributed by atoms with Gasteiger partial charge in [-0.1, -0.05) is 164 Å². The van der Waals surface area contributed by atoms with Gasteiger partial charge in [-0.3, -0.25) is 0 Å². The van der Waals surface area contributed by atoms with Gasteiger partial charge in [-0.2, -0.15) is 0 Å². The van der Waals surface area contributed by atoms with Crippen molar-refractivity contribution in [3.05, 3.63) is 181 Å². The second-order valence-electron chi connectivity index (χ2n) is 18.0. The summed E-state index contributed by atoms with van der Waals surface area (Å²) in [5.41, 5.74) is 10.4. The zero-order chi connectivity index (χ0) is 40.4. The molecule has 5 heteroatoms. The first-order valence-electron chi connectivity index (χ1n) is 21.6. The fourth-order valence-electron chi connectivity index (χ4n) is 11.5. The summed E-state index contributed by atoms with van der Waals surface area (Å²) in [5.74, 6) is 4.88. The third kappa shape index (κ3) is 6.44. The predicted molar refractivity (Wildman–Crippen MR) is 248 cm³/mol. The van der Waals surface area contributed by atoms with E-state index in [4.69, 9.17) is 15.0 Å². The second-order valence-corrected chi connectivity index (χ2v) is 21.2. The van der Waals surface area contributed by atoms with Crippen molar-refractivity contribution in [1.82, 2.24) is 15.0 Å². The van der Waals surface area contributed by atoms with Crippen molar-refractivity contribution in [2.75, 3.05) is 13.3 Å². The van der Waals surface area contributed by atoms with Crippen molar-refractivity contribution in [2.45, 2.75) is 37.5 Å². The molecule has 0 radical (unpaired) electrons. The van der Waals surface area contributed by atoms with Crippen molar-refractivity contribution >= 4 is 23.2 Å². The summed E-state index contributed by atoms with van der Waals surface area (Å²) >= 11 is 0. The zero-order valence-corrected chi connectivity index (χ0v) is 35.1. The van der Waals surface area contributed by atoms with Crippen LogP contribution < -0.4 is 5.30 Å². The standard InChI is InChI=1S/C55H48N3OP/c1-60(2,59)49-27-23-39(24-28-49)43-16-9-18-46(35-43)55(47-30-36-29-37(32-47)33-48(55)31-36)45-25-21-41(22-26-45)52-56-53(44-17-8-15-42(34-44)38-11-4-3-5-12-38)58-54(57-52)51-20-10-14-40-13-6-7-19-50(40)51/h3-28,34-37,47-48H,29-33H2,1-2H3.